The zero-order chi connectivity index (χ0) is 103. The zero-order valence-electron chi connectivity index (χ0n) is 84.7. The third-order valence-electron chi connectivity index (χ3n) is 25.7. The van der Waals surface area contributed by atoms with Crippen molar-refractivity contribution in [1.82, 2.24) is 123 Å². The van der Waals surface area contributed by atoms with Gasteiger partial charge in [-0.05, 0) is 317 Å². The average molecular weight is 2000 g/mol. The van der Waals surface area contributed by atoms with E-state index in [0.29, 0.717) is 47.7 Å². The third-order valence-corrected chi connectivity index (χ3v) is 25.7. The first kappa shape index (κ1) is 102. The summed E-state index contributed by atoms with van der Waals surface area (Å²) in [6.45, 7) is 17.8. The van der Waals surface area contributed by atoms with Crippen LogP contribution in [0.25, 0.3) is 141 Å². The Bertz CT molecular complexity index is 7580. The number of nitrogens with zero attached hydrogens (tertiary/aromatic N) is 20. The number of halogens is 5. The summed E-state index contributed by atoms with van der Waals surface area (Å²) in [7, 11) is 8.92. The molecule has 10 N–H and O–H groups in total. The minimum Gasteiger partial charge on any atom is -0.357 e. The van der Waals surface area contributed by atoms with E-state index in [-0.39, 0.29) is 29.1 Å². The Labute approximate surface area is 860 Å². The van der Waals surface area contributed by atoms with Crippen LogP contribution in [0.15, 0.2) is 274 Å². The summed E-state index contributed by atoms with van der Waals surface area (Å²) in [5, 5.41) is 32.4. The molecule has 2 aliphatic carbocycles. The second-order valence-corrected chi connectivity index (χ2v) is 36.9. The van der Waals surface area contributed by atoms with E-state index in [4.69, 9.17) is 24.9 Å². The molecular formula is C114H119F5N30. The number of imidazole rings is 5. The molecule has 0 bridgehead atoms. The van der Waals surface area contributed by atoms with Crippen molar-refractivity contribution < 1.29 is 22.0 Å². The lowest BCUT2D eigenvalue weighted by molar-refractivity contribution is 0.338. The van der Waals surface area contributed by atoms with Crippen LogP contribution in [0.3, 0.4) is 0 Å². The van der Waals surface area contributed by atoms with Crippen LogP contribution < -0.4 is 53.2 Å². The van der Waals surface area contributed by atoms with E-state index in [1.807, 2.05) is 83.3 Å². The standard InChI is InChI=1S/2C23H23FN6.2C23H25FN6.C22H23FN6/c1-25-23-27-10-8-19(28-23)22-21(17-4-6-18(24)7-5-17)29-20-12-16(9-11-30(20)22)14-26-13-15-2-3-15;1-25-23-26-11-9-19(28-23)22-21(16-5-7-17(24)8-6-16)29-20-13-15(10-12-30(20)22)14-27-18-3-2-4-18;1-15(2)13-26-14-16-9-11-30-20(12-16)29-21(17-4-6-18(24)7-5-17)22(30)19-8-10-27-23(25-3)28-19;1-4-15(2)27-14-16-10-12-30-20(13-16)29-21(17-5-7-18(24)8-6-17)22(30)19-9-11-26-23(25-3)28-19;1-3-10-25-14-15-9-12-29-19(13-15)28-20(16-4-6-17(23)7-5-16)21(29)18-8-11-26-22(24-2)27-18/h4-12,15,26H,2-3,13-14H2,1H3,(H,25,27,28);5-13,18,27H,2-4,14H2,1H3,(H,25,26,28);4-12,15,26H,13-14H2,1-3H3,(H,25,27,28);5-13,15,27H,4,14H2,1-3H3,(H,25,26,28);4-9,11-13,25H,3,10,14H2,1-2H3,(H,24,26,27). The molecule has 0 radical (unpaired) electrons. The molecule has 20 aromatic rings. The molecule has 2 saturated carbocycles. The highest BCUT2D eigenvalue weighted by Crippen LogP contribution is 2.40. The van der Waals surface area contributed by atoms with E-state index < -0.39 is 0 Å². The summed E-state index contributed by atoms with van der Waals surface area (Å²) >= 11 is 0. The molecule has 15 aromatic heterocycles. The smallest absolute Gasteiger partial charge is 0.222 e. The monoisotopic (exact) mass is 2000 g/mol. The molecule has 30 nitrogen and oxygen atoms in total. The Morgan fingerprint density at radius 2 is 0.577 bits per heavy atom. The van der Waals surface area contributed by atoms with Gasteiger partial charge in [-0.3, -0.25) is 22.0 Å². The fraction of sp³-hybridized carbons (Fsp3) is 0.254. The molecular weight excluding hydrogens is 1880 g/mol. The van der Waals surface area contributed by atoms with Crippen LogP contribution in [-0.2, 0) is 32.7 Å². The number of anilines is 5. The minimum absolute atomic E-state index is 0.270. The summed E-state index contributed by atoms with van der Waals surface area (Å²) in [5.41, 5.74) is 25.9. The molecule has 2 fully saturated rings. The minimum atomic E-state index is -0.276. The van der Waals surface area contributed by atoms with Gasteiger partial charge >= 0.3 is 0 Å². The molecule has 35 heteroatoms. The fourth-order valence-corrected chi connectivity index (χ4v) is 17.3. The number of pyridine rings is 5. The number of hydrogen-bond donors (Lipinski definition) is 10. The molecule has 5 aromatic carbocycles. The van der Waals surface area contributed by atoms with Gasteiger partial charge in [0.05, 0.1) is 85.4 Å². The molecule has 22 rings (SSSR count). The highest BCUT2D eigenvalue weighted by atomic mass is 19.1. The summed E-state index contributed by atoms with van der Waals surface area (Å²) < 4.78 is 77.6. The summed E-state index contributed by atoms with van der Waals surface area (Å²) in [5.74, 6) is 2.73. The lowest BCUT2D eigenvalue weighted by atomic mass is 9.93. The van der Waals surface area contributed by atoms with Crippen molar-refractivity contribution in [2.45, 2.75) is 124 Å². The lowest BCUT2D eigenvalue weighted by Crippen LogP contribution is -2.34. The van der Waals surface area contributed by atoms with E-state index in [1.165, 1.54) is 104 Å². The number of rotatable bonds is 34. The van der Waals surface area contributed by atoms with E-state index in [9.17, 15) is 22.0 Å². The SMILES string of the molecule is CCC(C)NCc1ccn2c(-c3ccnc(NC)n3)c(-c3ccc(F)cc3)nc2c1.CCCNCc1ccn2c(-c3ccnc(NC)n3)c(-c3ccc(F)cc3)nc2c1.CNc1nccc(-c2c(-c3ccc(F)cc3)nc3cc(CNC4CCC4)ccn23)n1.CNc1nccc(-c2c(-c3ccc(F)cc3)nc3cc(CNCC(C)C)ccn23)n1.CNc1nccc(-c2c(-c3ccc(F)cc3)nc3cc(CNCC4CC4)ccn23)n1. The third kappa shape index (κ3) is 25.0. The maximum absolute atomic E-state index is 13.5. The highest BCUT2D eigenvalue weighted by Gasteiger charge is 2.28. The van der Waals surface area contributed by atoms with Crippen LogP contribution in [0.1, 0.15) is 107 Å². The van der Waals surface area contributed by atoms with Crippen molar-refractivity contribution in [3.63, 3.8) is 0 Å². The van der Waals surface area contributed by atoms with Gasteiger partial charge in [-0.1, -0.05) is 34.1 Å². The summed E-state index contributed by atoms with van der Waals surface area (Å²) in [4.78, 5) is 68.6. The van der Waals surface area contributed by atoms with Crippen LogP contribution in [0.2, 0.25) is 0 Å². The van der Waals surface area contributed by atoms with Gasteiger partial charge in [0.1, 0.15) is 57.3 Å². The molecule has 1 atom stereocenters. The molecule has 0 saturated heterocycles. The molecule has 15 heterocycles. The highest BCUT2D eigenvalue weighted by molar-refractivity contribution is 5.86. The number of aromatic nitrogens is 20. The van der Waals surface area contributed by atoms with Gasteiger partial charge in [-0.25, -0.2) is 96.7 Å². The topological polar surface area (TPSA) is 336 Å². The van der Waals surface area contributed by atoms with Gasteiger partial charge in [0, 0.05) is 170 Å². The van der Waals surface area contributed by atoms with Crippen molar-refractivity contribution in [2.75, 3.05) is 81.5 Å². The average Bonchev–Trinajstić information content (AvgIpc) is 1.63. The fourth-order valence-electron chi connectivity index (χ4n) is 17.3. The Balaban J connectivity index is 0.000000122. The van der Waals surface area contributed by atoms with Crippen molar-refractivity contribution in [2.24, 2.45) is 11.8 Å². The molecule has 2 aliphatic rings. The maximum Gasteiger partial charge on any atom is 0.222 e. The zero-order valence-corrected chi connectivity index (χ0v) is 84.7. The lowest BCUT2D eigenvalue weighted by Gasteiger charge is -2.26. The molecule has 0 aliphatic heterocycles. The van der Waals surface area contributed by atoms with E-state index in [1.54, 1.807) is 127 Å². The van der Waals surface area contributed by atoms with Crippen molar-refractivity contribution in [1.29, 1.82) is 0 Å². The first-order chi connectivity index (χ1) is 72.7. The quantitative estimate of drug-likeness (QED) is 0.0132. The van der Waals surface area contributed by atoms with Crippen molar-refractivity contribution in [3.8, 4) is 113 Å². The van der Waals surface area contributed by atoms with Gasteiger partial charge in [0.25, 0.3) is 0 Å². The predicted octanol–water partition coefficient (Wildman–Crippen LogP) is 21.5. The number of fused-ring (bicyclic) bond motifs is 5. The molecule has 149 heavy (non-hydrogen) atoms. The van der Waals surface area contributed by atoms with Gasteiger partial charge in [0.15, 0.2) is 0 Å². The molecule has 0 amide bonds. The van der Waals surface area contributed by atoms with Gasteiger partial charge in [-0.2, -0.15) is 0 Å². The Morgan fingerprint density at radius 3 is 0.826 bits per heavy atom. The maximum atomic E-state index is 13.5. The first-order valence-electron chi connectivity index (χ1n) is 50.2. The molecule has 0 spiro atoms. The second-order valence-electron chi connectivity index (χ2n) is 36.9. The van der Waals surface area contributed by atoms with Crippen LogP contribution in [0.4, 0.5) is 51.7 Å². The van der Waals surface area contributed by atoms with Gasteiger partial charge in [0.2, 0.25) is 29.7 Å². The second kappa shape index (κ2) is 48.2. The Hall–Kier alpha value is -16.6. The van der Waals surface area contributed by atoms with Gasteiger partial charge in [-0.15, -0.1) is 0 Å². The predicted molar refractivity (Wildman–Crippen MR) is 580 cm³/mol. The van der Waals surface area contributed by atoms with Crippen LogP contribution in [0, 0.1) is 40.9 Å². The van der Waals surface area contributed by atoms with E-state index >= 15 is 0 Å². The number of benzene rings is 5. The summed E-state index contributed by atoms with van der Waals surface area (Å²) in [6.07, 6.45) is 27.3. The number of nitrogens with one attached hydrogen (secondary N) is 10. The largest absolute Gasteiger partial charge is 0.357 e. The van der Waals surface area contributed by atoms with E-state index in [2.05, 4.69) is 198 Å². The van der Waals surface area contributed by atoms with E-state index in [0.717, 1.165) is 229 Å². The Morgan fingerprint density at radius 1 is 0.309 bits per heavy atom. The Kier molecular flexibility index (Phi) is 33.1. The normalized spacial score (nSPS) is 12.5. The molecule has 760 valence electrons. The van der Waals surface area contributed by atoms with Crippen molar-refractivity contribution >= 4 is 58.0 Å². The molecule has 1 unspecified atom stereocenters. The van der Waals surface area contributed by atoms with Crippen LogP contribution in [-0.4, -0.2) is 164 Å². The summed E-state index contributed by atoms with van der Waals surface area (Å²) in [6, 6.07) is 63.2. The van der Waals surface area contributed by atoms with Gasteiger partial charge < -0.3 is 53.2 Å². The van der Waals surface area contributed by atoms with Crippen LogP contribution in [0.5, 0.6) is 0 Å². The van der Waals surface area contributed by atoms with Crippen molar-refractivity contribution in [3.05, 3.63) is 331 Å². The first-order valence-corrected chi connectivity index (χ1v) is 50.2. The number of hydrogen-bond acceptors (Lipinski definition) is 25. The van der Waals surface area contributed by atoms with Crippen LogP contribution >= 0.6 is 0 Å².